The maximum Gasteiger partial charge on any atom is 0.273 e. The average molecular weight is 576 g/mol. The van der Waals surface area contributed by atoms with Crippen molar-refractivity contribution in [3.63, 3.8) is 0 Å². The second kappa shape index (κ2) is 11.1. The molecule has 1 fully saturated rings. The number of alkyl halides is 2. The van der Waals surface area contributed by atoms with Crippen molar-refractivity contribution < 1.29 is 22.9 Å². The number of nitrogens with one attached hydrogen (secondary N) is 1. The monoisotopic (exact) mass is 575 g/mol. The summed E-state index contributed by atoms with van der Waals surface area (Å²) in [5.41, 5.74) is 5.41. The molecule has 1 atom stereocenters. The van der Waals surface area contributed by atoms with E-state index in [1.165, 1.54) is 7.05 Å². The molecule has 1 aliphatic rings. The molecule has 0 saturated carbocycles. The van der Waals surface area contributed by atoms with E-state index in [-0.39, 0.29) is 38.5 Å². The van der Waals surface area contributed by atoms with Crippen molar-refractivity contribution in [2.24, 2.45) is 0 Å². The van der Waals surface area contributed by atoms with Gasteiger partial charge in [0.2, 0.25) is 0 Å². The third-order valence-electron chi connectivity index (χ3n) is 6.70. The van der Waals surface area contributed by atoms with E-state index in [1.54, 1.807) is 23.2 Å². The number of piperidine rings is 1. The zero-order chi connectivity index (χ0) is 28.4. The van der Waals surface area contributed by atoms with E-state index < -0.39 is 15.5 Å². The topological polar surface area (TPSA) is 94.3 Å². The molecule has 0 aliphatic carbocycles. The predicted octanol–water partition coefficient (Wildman–Crippen LogP) is 6.15. The molecule has 39 heavy (non-hydrogen) atoms. The van der Waals surface area contributed by atoms with Crippen molar-refractivity contribution in [3.05, 3.63) is 76.1 Å². The summed E-state index contributed by atoms with van der Waals surface area (Å²) in [6, 6.07) is 15.1. The molecule has 3 aromatic rings. The van der Waals surface area contributed by atoms with E-state index in [1.807, 2.05) is 44.2 Å². The predicted molar refractivity (Wildman–Crippen MR) is 148 cm³/mol. The van der Waals surface area contributed by atoms with Crippen molar-refractivity contribution >= 4 is 36.1 Å². The number of anilines is 2. The number of rotatable bonds is 8. The first-order valence-corrected chi connectivity index (χ1v) is 13.1. The fourth-order valence-electron chi connectivity index (χ4n) is 4.44. The Labute approximate surface area is 236 Å². The van der Waals surface area contributed by atoms with Gasteiger partial charge in [0.05, 0.1) is 22.0 Å². The molecule has 0 spiro atoms. The summed E-state index contributed by atoms with van der Waals surface area (Å²) in [5.74, 6) is -1.85. The van der Waals surface area contributed by atoms with Gasteiger partial charge < -0.3 is 9.64 Å². The second-order valence-corrected chi connectivity index (χ2v) is 11.3. The normalized spacial score (nSPS) is 16.7. The summed E-state index contributed by atoms with van der Waals surface area (Å²) in [4.78, 5) is 10.1. The van der Waals surface area contributed by atoms with Crippen LogP contribution in [-0.4, -0.2) is 45.4 Å². The van der Waals surface area contributed by atoms with E-state index in [0.717, 1.165) is 11.1 Å². The van der Waals surface area contributed by atoms with Gasteiger partial charge in [-0.2, -0.15) is 15.9 Å². The first-order valence-electron chi connectivity index (χ1n) is 12.3. The summed E-state index contributed by atoms with van der Waals surface area (Å²) < 4.78 is 32.4. The van der Waals surface area contributed by atoms with Gasteiger partial charge in [-0.15, -0.1) is 0 Å². The van der Waals surface area contributed by atoms with Gasteiger partial charge in [0, 0.05) is 37.5 Å². The zero-order valence-electron chi connectivity index (χ0n) is 21.8. The smallest absolute Gasteiger partial charge is 0.273 e. The maximum atomic E-state index is 13.7. The van der Waals surface area contributed by atoms with Crippen molar-refractivity contribution in [2.45, 2.75) is 44.6 Å². The van der Waals surface area contributed by atoms with Crippen molar-refractivity contribution in [1.82, 2.24) is 9.97 Å². The number of hydrogen-bond donors (Lipinski definition) is 3. The summed E-state index contributed by atoms with van der Waals surface area (Å²) in [7, 11) is 1.40. The highest BCUT2D eigenvalue weighted by atomic mass is 35.5. The van der Waals surface area contributed by atoms with Crippen molar-refractivity contribution in [3.8, 4) is 11.8 Å². The molecule has 4 rings (SSSR count). The molecule has 1 unspecified atom stereocenters. The van der Waals surface area contributed by atoms with Crippen LogP contribution in [0.4, 0.5) is 20.4 Å². The van der Waals surface area contributed by atoms with Gasteiger partial charge in [-0.3, -0.25) is 0 Å². The van der Waals surface area contributed by atoms with Crippen LogP contribution in [0.5, 0.6) is 5.75 Å². The quantitative estimate of drug-likeness (QED) is 0.168. The number of hydrogen-bond acceptors (Lipinski definition) is 8. The highest BCUT2D eigenvalue weighted by Gasteiger charge is 2.36. The molecule has 12 heteroatoms. The number of ether oxygens (including phenoxy) is 1. The number of quaternary nitrogens is 1. The molecular formula is C27H30ClF2N6O2S+. The highest BCUT2D eigenvalue weighted by molar-refractivity contribution is 7.74. The van der Waals surface area contributed by atoms with Gasteiger partial charge in [0.1, 0.15) is 38.3 Å². The fraction of sp³-hybridized carbons (Fsp3) is 0.370. The van der Waals surface area contributed by atoms with Crippen LogP contribution in [0.1, 0.15) is 49.1 Å². The molecule has 2 heterocycles. The molecule has 206 valence electrons. The Hall–Kier alpha value is -3.17. The number of nitriles is 1. The van der Waals surface area contributed by atoms with Gasteiger partial charge in [-0.05, 0) is 45.6 Å². The van der Waals surface area contributed by atoms with Crippen LogP contribution in [0.25, 0.3) is 0 Å². The van der Waals surface area contributed by atoms with Crippen LogP contribution in [0, 0.1) is 11.3 Å². The lowest BCUT2D eigenvalue weighted by molar-refractivity contribution is -0.955. The van der Waals surface area contributed by atoms with Crippen LogP contribution >= 0.6 is 24.4 Å². The summed E-state index contributed by atoms with van der Waals surface area (Å²) in [5, 5.41) is 20.0. The Bertz CT molecular complexity index is 1370. The molecule has 2 aromatic carbocycles. The van der Waals surface area contributed by atoms with Crippen LogP contribution in [0.15, 0.2) is 48.7 Å². The number of nitrogens with zero attached hydrogens (tertiary/aromatic N) is 5. The fourth-order valence-corrected chi connectivity index (χ4v) is 4.86. The Kier molecular flexibility index (Phi) is 8.23. The van der Waals surface area contributed by atoms with E-state index in [2.05, 4.69) is 34.3 Å². The standard InChI is InChI=1S/C27H30ClF2N6O2S/c1-26(2,20-14-18(16-31)24(23(28)15-20)35-12-9-27(29,30)10-13-35)19-4-6-22(7-5-19)38-17-21-8-11-32-25(33-21)34-36(3,37)39/h4-8,11,14-15,37,39H,9-10,12-13,17H2,1-3H3,(H,32,33,34)/q+1. The lowest BCUT2D eigenvalue weighted by atomic mass is 9.77. The van der Waals surface area contributed by atoms with E-state index in [0.29, 0.717) is 27.7 Å². The van der Waals surface area contributed by atoms with E-state index in [9.17, 15) is 19.2 Å². The molecule has 1 aromatic heterocycles. The molecule has 0 bridgehead atoms. The second-order valence-electron chi connectivity index (χ2n) is 10.1. The Morgan fingerprint density at radius 2 is 1.87 bits per heavy atom. The van der Waals surface area contributed by atoms with Gasteiger partial charge in [0.25, 0.3) is 11.9 Å². The minimum absolute atomic E-state index is 0.146. The summed E-state index contributed by atoms with van der Waals surface area (Å²) >= 11 is 10.6. The van der Waals surface area contributed by atoms with Crippen molar-refractivity contribution in [1.29, 1.82) is 5.26 Å². The summed E-state index contributed by atoms with van der Waals surface area (Å²) in [6.07, 6.45) is 1.03. The van der Waals surface area contributed by atoms with Gasteiger partial charge in [-0.25, -0.2) is 18.7 Å². The Morgan fingerprint density at radius 3 is 2.49 bits per heavy atom. The Morgan fingerprint density at radius 1 is 1.21 bits per heavy atom. The number of thiol groups is 1. The average Bonchev–Trinajstić information content (AvgIpc) is 2.87. The van der Waals surface area contributed by atoms with Crippen LogP contribution in [0.2, 0.25) is 5.02 Å². The van der Waals surface area contributed by atoms with E-state index in [4.69, 9.17) is 16.3 Å². The molecule has 0 amide bonds. The highest BCUT2D eigenvalue weighted by Crippen LogP contribution is 2.41. The van der Waals surface area contributed by atoms with Crippen LogP contribution in [-0.2, 0) is 12.0 Å². The van der Waals surface area contributed by atoms with E-state index >= 15 is 0 Å². The third kappa shape index (κ3) is 7.08. The van der Waals surface area contributed by atoms with Crippen LogP contribution < -0.4 is 15.1 Å². The molecule has 0 radical (unpaired) electrons. The van der Waals surface area contributed by atoms with Gasteiger partial charge in [-0.1, -0.05) is 37.6 Å². The molecule has 8 nitrogen and oxygen atoms in total. The maximum absolute atomic E-state index is 13.7. The van der Waals surface area contributed by atoms with Crippen molar-refractivity contribution in [2.75, 3.05) is 30.5 Å². The van der Waals surface area contributed by atoms with Gasteiger partial charge >= 0.3 is 0 Å². The molecule has 2 N–H and O–H groups in total. The number of benzene rings is 2. The first kappa shape index (κ1) is 28.8. The molecular weight excluding hydrogens is 546 g/mol. The number of hydroxylamine groups is 1. The zero-order valence-corrected chi connectivity index (χ0v) is 23.5. The number of halogens is 3. The summed E-state index contributed by atoms with van der Waals surface area (Å²) in [6.45, 7) is 4.54. The minimum Gasteiger partial charge on any atom is -0.487 e. The first-order chi connectivity index (χ1) is 18.3. The molecule has 1 aliphatic heterocycles. The lowest BCUT2D eigenvalue weighted by Gasteiger charge is -2.35. The number of aromatic nitrogens is 2. The molecule has 1 saturated heterocycles. The van der Waals surface area contributed by atoms with Crippen LogP contribution in [0.3, 0.4) is 0 Å². The minimum atomic E-state index is -2.68. The third-order valence-corrected chi connectivity index (χ3v) is 7.09. The lowest BCUT2D eigenvalue weighted by Crippen LogP contribution is -2.40. The SMILES string of the molecule is CC(C)(c1ccc(OCc2ccnc(N[N+](C)(O)S)n2)cc1)c1cc(Cl)c(N2CCC(F)(F)CC2)c(C#N)c1. The van der Waals surface area contributed by atoms with Gasteiger partial charge in [0.15, 0.2) is 0 Å². The Balaban J connectivity index is 1.48. The largest absolute Gasteiger partial charge is 0.487 e.